The van der Waals surface area contributed by atoms with E-state index < -0.39 is 12.3 Å². The molecule has 0 aliphatic heterocycles. The first-order valence-corrected chi connectivity index (χ1v) is 14.3. The molecule has 2 saturated carbocycles. The van der Waals surface area contributed by atoms with Crippen LogP contribution in [0.15, 0.2) is 60.7 Å². The van der Waals surface area contributed by atoms with Crippen molar-refractivity contribution < 1.29 is 17.9 Å². The van der Waals surface area contributed by atoms with Crippen molar-refractivity contribution in [1.29, 1.82) is 0 Å². The van der Waals surface area contributed by atoms with Gasteiger partial charge in [0.05, 0.1) is 6.61 Å². The minimum Gasteiger partial charge on any atom is -0.313 e. The second-order valence-corrected chi connectivity index (χ2v) is 11.4. The average Bonchev–Trinajstić information content (AvgIpc) is 2.93. The summed E-state index contributed by atoms with van der Waals surface area (Å²) in [5.41, 5.74) is 2.99. The molecule has 2 fully saturated rings. The van der Waals surface area contributed by atoms with Crippen molar-refractivity contribution in [3.8, 4) is 0 Å². The van der Waals surface area contributed by atoms with Gasteiger partial charge in [-0.05, 0) is 104 Å². The maximum atomic E-state index is 14.8. The highest BCUT2D eigenvalue weighted by Crippen LogP contribution is 2.40. The quantitative estimate of drug-likeness (QED) is 0.288. The molecule has 0 saturated heterocycles. The van der Waals surface area contributed by atoms with Crippen molar-refractivity contribution >= 4 is 0 Å². The highest BCUT2D eigenvalue weighted by Gasteiger charge is 2.43. The van der Waals surface area contributed by atoms with Crippen LogP contribution in [0.1, 0.15) is 118 Å². The number of rotatable bonds is 10. The fourth-order valence-electron chi connectivity index (χ4n) is 6.15. The summed E-state index contributed by atoms with van der Waals surface area (Å²) >= 11 is 0. The summed E-state index contributed by atoms with van der Waals surface area (Å²) in [6.07, 6.45) is 9.85. The Labute approximate surface area is 221 Å². The van der Waals surface area contributed by atoms with Gasteiger partial charge in [0.25, 0.3) is 0 Å². The summed E-state index contributed by atoms with van der Waals surface area (Å²) in [5, 5.41) is 0. The Hall–Kier alpha value is -2.07. The third-order valence-corrected chi connectivity index (χ3v) is 8.72. The minimum atomic E-state index is -3.88. The van der Waals surface area contributed by atoms with Gasteiger partial charge in [-0.25, -0.2) is 4.39 Å². The Morgan fingerprint density at radius 1 is 0.838 bits per heavy atom. The average molecular weight is 513 g/mol. The fourth-order valence-corrected chi connectivity index (χ4v) is 6.15. The van der Waals surface area contributed by atoms with Crippen molar-refractivity contribution in [2.75, 3.05) is 0 Å². The second kappa shape index (κ2) is 13.1. The van der Waals surface area contributed by atoms with E-state index in [1.165, 1.54) is 62.6 Å². The SMILES string of the molecule is CC=CCCC1CCC(c2ccc(COC(F)(F)C(F)c3ccc(C4CCC(C)CC4)cc3)cc2)CC1. The third kappa shape index (κ3) is 7.72. The predicted molar refractivity (Wildman–Crippen MR) is 146 cm³/mol. The van der Waals surface area contributed by atoms with Gasteiger partial charge in [-0.3, -0.25) is 0 Å². The summed E-state index contributed by atoms with van der Waals surface area (Å²) in [4.78, 5) is 0. The lowest BCUT2D eigenvalue weighted by molar-refractivity contribution is -0.282. The van der Waals surface area contributed by atoms with E-state index in [1.54, 1.807) is 0 Å². The lowest BCUT2D eigenvalue weighted by atomic mass is 9.77. The molecular weight excluding hydrogens is 469 g/mol. The molecule has 0 aromatic heterocycles. The van der Waals surface area contributed by atoms with Crippen LogP contribution in [-0.4, -0.2) is 6.11 Å². The van der Waals surface area contributed by atoms with Crippen molar-refractivity contribution in [2.24, 2.45) is 11.8 Å². The van der Waals surface area contributed by atoms with E-state index >= 15 is 0 Å². The standard InChI is InChI=1S/C33H43F3O/c1-3-4-5-6-25-9-15-28(16-10-25)29-17-11-26(12-18-29)23-37-33(35,36)32(34)31-21-19-30(20-22-31)27-13-7-24(2)8-14-27/h3-4,11-12,17-22,24-25,27-28,32H,5-10,13-16,23H2,1-2H3. The number of halogens is 3. The van der Waals surface area contributed by atoms with Gasteiger partial charge in [-0.1, -0.05) is 80.4 Å². The van der Waals surface area contributed by atoms with E-state index in [2.05, 4.69) is 26.0 Å². The highest BCUT2D eigenvalue weighted by atomic mass is 19.3. The lowest BCUT2D eigenvalue weighted by Gasteiger charge is -2.28. The molecule has 2 aromatic carbocycles. The van der Waals surface area contributed by atoms with Crippen LogP contribution in [-0.2, 0) is 11.3 Å². The summed E-state index contributed by atoms with van der Waals surface area (Å²) < 4.78 is 48.8. The van der Waals surface area contributed by atoms with Crippen LogP contribution < -0.4 is 0 Å². The van der Waals surface area contributed by atoms with E-state index in [0.717, 1.165) is 36.7 Å². The maximum absolute atomic E-state index is 14.8. The van der Waals surface area contributed by atoms with E-state index in [9.17, 15) is 13.2 Å². The second-order valence-electron chi connectivity index (χ2n) is 11.4. The van der Waals surface area contributed by atoms with Crippen molar-refractivity contribution in [3.05, 3.63) is 82.9 Å². The molecule has 0 heterocycles. The lowest BCUT2D eigenvalue weighted by Crippen LogP contribution is -2.27. The molecule has 0 radical (unpaired) electrons. The fraction of sp³-hybridized carbons (Fsp3) is 0.576. The van der Waals surface area contributed by atoms with Gasteiger partial charge in [0.1, 0.15) is 0 Å². The molecular formula is C33H43F3O. The van der Waals surface area contributed by atoms with Crippen LogP contribution >= 0.6 is 0 Å². The molecule has 4 rings (SSSR count). The molecule has 0 amide bonds. The molecule has 4 heteroatoms. The number of hydrogen-bond donors (Lipinski definition) is 0. The Morgan fingerprint density at radius 2 is 1.38 bits per heavy atom. The zero-order valence-electron chi connectivity index (χ0n) is 22.5. The molecule has 0 spiro atoms. The van der Waals surface area contributed by atoms with Gasteiger partial charge >= 0.3 is 6.11 Å². The Balaban J connectivity index is 1.26. The maximum Gasteiger partial charge on any atom is 0.391 e. The molecule has 0 N–H and O–H groups in total. The first-order chi connectivity index (χ1) is 17.9. The van der Waals surface area contributed by atoms with Crippen LogP contribution in [0.2, 0.25) is 0 Å². The van der Waals surface area contributed by atoms with Gasteiger partial charge in [-0.15, -0.1) is 0 Å². The van der Waals surface area contributed by atoms with E-state index in [0.29, 0.717) is 17.4 Å². The summed E-state index contributed by atoms with van der Waals surface area (Å²) in [7, 11) is 0. The predicted octanol–water partition coefficient (Wildman–Crippen LogP) is 10.4. The number of benzene rings is 2. The Bertz CT molecular complexity index is 966. The molecule has 2 aromatic rings. The van der Waals surface area contributed by atoms with Crippen molar-refractivity contribution in [3.63, 3.8) is 0 Å². The molecule has 1 atom stereocenters. The molecule has 1 unspecified atom stereocenters. The van der Waals surface area contributed by atoms with Gasteiger partial charge in [0.2, 0.25) is 6.17 Å². The van der Waals surface area contributed by atoms with Crippen LogP contribution in [0.3, 0.4) is 0 Å². The summed E-state index contributed by atoms with van der Waals surface area (Å²) in [6, 6.07) is 14.4. The van der Waals surface area contributed by atoms with E-state index in [4.69, 9.17) is 4.74 Å². The van der Waals surface area contributed by atoms with Crippen LogP contribution in [0.25, 0.3) is 0 Å². The number of hydrogen-bond acceptors (Lipinski definition) is 1. The van der Waals surface area contributed by atoms with Crippen LogP contribution in [0.5, 0.6) is 0 Å². The Kier molecular flexibility index (Phi) is 9.92. The topological polar surface area (TPSA) is 9.23 Å². The van der Waals surface area contributed by atoms with Crippen molar-refractivity contribution in [1.82, 2.24) is 0 Å². The van der Waals surface area contributed by atoms with Gasteiger partial charge in [0, 0.05) is 0 Å². The first kappa shape index (κ1) is 28.0. The van der Waals surface area contributed by atoms with Gasteiger partial charge in [-0.2, -0.15) is 8.78 Å². The molecule has 1 nitrogen and oxygen atoms in total. The van der Waals surface area contributed by atoms with Crippen LogP contribution in [0.4, 0.5) is 13.2 Å². The zero-order chi connectivity index (χ0) is 26.3. The monoisotopic (exact) mass is 512 g/mol. The van der Waals surface area contributed by atoms with Crippen molar-refractivity contribution in [2.45, 2.75) is 109 Å². The molecule has 2 aliphatic carbocycles. The van der Waals surface area contributed by atoms with E-state index in [-0.39, 0.29) is 12.2 Å². The van der Waals surface area contributed by atoms with Gasteiger partial charge < -0.3 is 4.74 Å². The van der Waals surface area contributed by atoms with Crippen LogP contribution in [0, 0.1) is 11.8 Å². The largest absolute Gasteiger partial charge is 0.391 e. The number of ether oxygens (including phenoxy) is 1. The molecule has 0 bridgehead atoms. The Morgan fingerprint density at radius 3 is 1.95 bits per heavy atom. The summed E-state index contributed by atoms with van der Waals surface area (Å²) in [6.45, 7) is 4.02. The zero-order valence-corrected chi connectivity index (χ0v) is 22.5. The number of allylic oxidation sites excluding steroid dienone is 2. The molecule has 37 heavy (non-hydrogen) atoms. The summed E-state index contributed by atoms with van der Waals surface area (Å²) in [5.74, 6) is 2.53. The molecule has 202 valence electrons. The third-order valence-electron chi connectivity index (χ3n) is 8.72. The normalized spacial score (nSPS) is 25.9. The van der Waals surface area contributed by atoms with E-state index in [1.807, 2.05) is 36.4 Å². The smallest absolute Gasteiger partial charge is 0.313 e. The minimum absolute atomic E-state index is 0.0328. The number of alkyl halides is 3. The highest BCUT2D eigenvalue weighted by molar-refractivity contribution is 5.28. The first-order valence-electron chi connectivity index (χ1n) is 14.3. The molecule has 2 aliphatic rings. The van der Waals surface area contributed by atoms with Gasteiger partial charge in [0.15, 0.2) is 0 Å².